The Morgan fingerprint density at radius 2 is 1.81 bits per heavy atom. The smallest absolute Gasteiger partial charge is 0.230 e. The minimum atomic E-state index is -0.365. The third-order valence-electron chi connectivity index (χ3n) is 6.39. The third kappa shape index (κ3) is 4.12. The van der Waals surface area contributed by atoms with Gasteiger partial charge < -0.3 is 10.2 Å². The molecular formula is C22H35N3O. The minimum absolute atomic E-state index is 0.220. The predicted molar refractivity (Wildman–Crippen MR) is 107 cm³/mol. The lowest BCUT2D eigenvalue weighted by molar-refractivity contribution is -0.128. The molecule has 0 saturated carbocycles. The van der Waals surface area contributed by atoms with Crippen molar-refractivity contribution in [2.45, 2.75) is 51.0 Å². The second-order valence-corrected chi connectivity index (χ2v) is 9.23. The number of carbonyl (C=O) groups is 1. The molecule has 0 bridgehead atoms. The van der Waals surface area contributed by atoms with Crippen LogP contribution in [-0.2, 0) is 10.2 Å². The Bertz CT molecular complexity index is 600. The fraction of sp³-hybridized carbons (Fsp3) is 0.682. The van der Waals surface area contributed by atoms with Crippen molar-refractivity contribution in [1.29, 1.82) is 0 Å². The molecule has 2 saturated heterocycles. The van der Waals surface area contributed by atoms with Crippen LogP contribution in [0.25, 0.3) is 0 Å². The maximum atomic E-state index is 13.3. The zero-order chi connectivity index (χ0) is 18.8. The van der Waals surface area contributed by atoms with E-state index in [1.807, 2.05) is 6.07 Å². The van der Waals surface area contributed by atoms with Crippen molar-refractivity contribution < 1.29 is 4.79 Å². The van der Waals surface area contributed by atoms with Gasteiger partial charge >= 0.3 is 0 Å². The topological polar surface area (TPSA) is 35.6 Å². The maximum Gasteiger partial charge on any atom is 0.230 e. The summed E-state index contributed by atoms with van der Waals surface area (Å²) in [7, 11) is 2.15. The molecule has 4 nitrogen and oxygen atoms in total. The number of benzene rings is 1. The number of rotatable bonds is 4. The number of piperidine rings is 1. The third-order valence-corrected chi connectivity index (χ3v) is 6.39. The fourth-order valence-corrected chi connectivity index (χ4v) is 4.42. The van der Waals surface area contributed by atoms with Crippen LogP contribution in [0.15, 0.2) is 30.3 Å². The molecule has 1 atom stereocenters. The van der Waals surface area contributed by atoms with Crippen LogP contribution in [0.5, 0.6) is 0 Å². The molecule has 2 heterocycles. The number of nitrogens with zero attached hydrogens (tertiary/aromatic N) is 2. The molecule has 0 radical (unpaired) electrons. The highest BCUT2D eigenvalue weighted by molar-refractivity contribution is 5.88. The molecule has 1 aromatic rings. The van der Waals surface area contributed by atoms with Gasteiger partial charge in [0, 0.05) is 18.6 Å². The van der Waals surface area contributed by atoms with E-state index in [1.54, 1.807) is 0 Å². The standard InChI is InChI=1S/C22H35N3O/c1-21(2,3)25-13-10-18(17-25)16-23-20(26)22(11-14-24(4)15-12-22)19-8-6-5-7-9-19/h5-9,18H,10-17H2,1-4H3,(H,23,26)/t18-/m1/s1. The number of amides is 1. The van der Waals surface area contributed by atoms with Gasteiger partial charge in [-0.05, 0) is 78.2 Å². The summed E-state index contributed by atoms with van der Waals surface area (Å²) in [5.74, 6) is 0.795. The van der Waals surface area contributed by atoms with E-state index in [0.717, 1.165) is 45.6 Å². The van der Waals surface area contributed by atoms with Gasteiger partial charge in [-0.2, -0.15) is 0 Å². The van der Waals surface area contributed by atoms with Crippen LogP contribution in [0.1, 0.15) is 45.6 Å². The molecule has 0 aliphatic carbocycles. The summed E-state index contributed by atoms with van der Waals surface area (Å²) in [6, 6.07) is 10.4. The Hall–Kier alpha value is -1.39. The van der Waals surface area contributed by atoms with Crippen molar-refractivity contribution >= 4 is 5.91 Å². The summed E-state index contributed by atoms with van der Waals surface area (Å²) in [6.07, 6.45) is 2.98. The zero-order valence-electron chi connectivity index (χ0n) is 16.9. The van der Waals surface area contributed by atoms with Crippen molar-refractivity contribution in [2.24, 2.45) is 5.92 Å². The van der Waals surface area contributed by atoms with Crippen LogP contribution in [-0.4, -0.2) is 61.0 Å². The summed E-state index contributed by atoms with van der Waals surface area (Å²) in [6.45, 7) is 11.8. The van der Waals surface area contributed by atoms with Gasteiger partial charge in [0.25, 0.3) is 0 Å². The van der Waals surface area contributed by atoms with E-state index in [2.05, 4.69) is 67.2 Å². The van der Waals surface area contributed by atoms with Gasteiger partial charge in [-0.1, -0.05) is 30.3 Å². The SMILES string of the molecule is CN1CCC(C(=O)NC[C@H]2CCN(C(C)(C)C)C2)(c2ccccc2)CC1. The monoisotopic (exact) mass is 357 g/mol. The molecule has 0 spiro atoms. The second kappa shape index (κ2) is 7.69. The summed E-state index contributed by atoms with van der Waals surface area (Å²) < 4.78 is 0. The molecule has 4 heteroatoms. The zero-order valence-corrected chi connectivity index (χ0v) is 16.9. The van der Waals surface area contributed by atoms with Gasteiger partial charge in [0.05, 0.1) is 5.41 Å². The molecule has 144 valence electrons. The lowest BCUT2D eigenvalue weighted by Crippen LogP contribution is -2.52. The summed E-state index contributed by atoms with van der Waals surface area (Å²) in [4.78, 5) is 18.2. The van der Waals surface area contributed by atoms with Gasteiger partial charge in [-0.25, -0.2) is 0 Å². The summed E-state index contributed by atoms with van der Waals surface area (Å²) >= 11 is 0. The normalized spacial score (nSPS) is 24.5. The van der Waals surface area contributed by atoms with E-state index < -0.39 is 0 Å². The van der Waals surface area contributed by atoms with E-state index in [-0.39, 0.29) is 16.9 Å². The maximum absolute atomic E-state index is 13.3. The van der Waals surface area contributed by atoms with Crippen molar-refractivity contribution in [2.75, 3.05) is 39.8 Å². The Balaban J connectivity index is 1.66. The molecule has 1 N–H and O–H groups in total. The van der Waals surface area contributed by atoms with Gasteiger partial charge in [0.2, 0.25) is 5.91 Å². The largest absolute Gasteiger partial charge is 0.355 e. The van der Waals surface area contributed by atoms with Crippen LogP contribution in [0, 0.1) is 5.92 Å². The lowest BCUT2D eigenvalue weighted by Gasteiger charge is -2.40. The highest BCUT2D eigenvalue weighted by atomic mass is 16.2. The molecule has 1 amide bonds. The Morgan fingerprint density at radius 1 is 1.15 bits per heavy atom. The molecule has 1 aromatic carbocycles. The lowest BCUT2D eigenvalue weighted by atomic mass is 9.72. The molecule has 26 heavy (non-hydrogen) atoms. The van der Waals surface area contributed by atoms with Crippen LogP contribution >= 0.6 is 0 Å². The van der Waals surface area contributed by atoms with Crippen molar-refractivity contribution in [3.05, 3.63) is 35.9 Å². The average molecular weight is 358 g/mol. The number of hydrogen-bond donors (Lipinski definition) is 1. The molecule has 0 aromatic heterocycles. The van der Waals surface area contributed by atoms with E-state index in [4.69, 9.17) is 0 Å². The van der Waals surface area contributed by atoms with E-state index >= 15 is 0 Å². The van der Waals surface area contributed by atoms with Gasteiger partial charge in [0.15, 0.2) is 0 Å². The Labute approximate surface area is 158 Å². The van der Waals surface area contributed by atoms with Gasteiger partial charge in [0.1, 0.15) is 0 Å². The molecule has 2 aliphatic rings. The quantitative estimate of drug-likeness (QED) is 0.900. The number of carbonyl (C=O) groups excluding carboxylic acids is 1. The van der Waals surface area contributed by atoms with E-state index in [1.165, 1.54) is 12.0 Å². The van der Waals surface area contributed by atoms with Crippen LogP contribution in [0.4, 0.5) is 0 Å². The first-order chi connectivity index (χ1) is 12.3. The number of likely N-dealkylation sites (tertiary alicyclic amines) is 2. The number of hydrogen-bond acceptors (Lipinski definition) is 3. The van der Waals surface area contributed by atoms with Crippen LogP contribution in [0.2, 0.25) is 0 Å². The van der Waals surface area contributed by atoms with Crippen LogP contribution in [0.3, 0.4) is 0 Å². The van der Waals surface area contributed by atoms with Crippen molar-refractivity contribution in [3.8, 4) is 0 Å². The Kier molecular flexibility index (Phi) is 5.73. The summed E-state index contributed by atoms with van der Waals surface area (Å²) in [5, 5.41) is 3.34. The average Bonchev–Trinajstić information content (AvgIpc) is 3.11. The van der Waals surface area contributed by atoms with Gasteiger partial charge in [-0.3, -0.25) is 9.69 Å². The molecule has 2 fully saturated rings. The number of nitrogens with one attached hydrogen (secondary N) is 1. The van der Waals surface area contributed by atoms with Crippen molar-refractivity contribution in [3.63, 3.8) is 0 Å². The first kappa shape index (κ1) is 19.4. The molecular weight excluding hydrogens is 322 g/mol. The molecule has 3 rings (SSSR count). The predicted octanol–water partition coefficient (Wildman–Crippen LogP) is 2.89. The van der Waals surface area contributed by atoms with E-state index in [0.29, 0.717) is 5.92 Å². The Morgan fingerprint density at radius 3 is 2.38 bits per heavy atom. The molecule has 2 aliphatic heterocycles. The van der Waals surface area contributed by atoms with Crippen LogP contribution < -0.4 is 5.32 Å². The first-order valence-electron chi connectivity index (χ1n) is 10.1. The highest BCUT2D eigenvalue weighted by Gasteiger charge is 2.42. The van der Waals surface area contributed by atoms with Crippen molar-refractivity contribution in [1.82, 2.24) is 15.1 Å². The highest BCUT2D eigenvalue weighted by Crippen LogP contribution is 2.35. The summed E-state index contributed by atoms with van der Waals surface area (Å²) in [5.41, 5.74) is 1.03. The second-order valence-electron chi connectivity index (χ2n) is 9.23. The first-order valence-corrected chi connectivity index (χ1v) is 10.1. The minimum Gasteiger partial charge on any atom is -0.355 e. The van der Waals surface area contributed by atoms with E-state index in [9.17, 15) is 4.79 Å². The molecule has 0 unspecified atom stereocenters. The fourth-order valence-electron chi connectivity index (χ4n) is 4.42. The van der Waals surface area contributed by atoms with Gasteiger partial charge in [-0.15, -0.1) is 0 Å².